The second kappa shape index (κ2) is 14.4. The Hall–Kier alpha value is -2.58. The number of methoxy groups -OCH3 is 1. The first-order valence-electron chi connectivity index (χ1n) is 9.45. The fraction of sp³-hybridized carbons (Fsp3) is 0.550. The molecule has 3 rings (SSSR count). The summed E-state index contributed by atoms with van der Waals surface area (Å²) in [6, 6.07) is 7.09. The molecule has 0 radical (unpaired) electrons. The summed E-state index contributed by atoms with van der Waals surface area (Å²) in [5, 5.41) is 22.8. The Kier molecular flexibility index (Phi) is 12.2. The molecular weight excluding hydrogens is 397 g/mol. The maximum absolute atomic E-state index is 13.5. The number of nitrogens with zero attached hydrogens (tertiary/aromatic N) is 3. The van der Waals surface area contributed by atoms with Gasteiger partial charge in [0.1, 0.15) is 11.9 Å². The van der Waals surface area contributed by atoms with E-state index >= 15 is 0 Å². The first-order valence-corrected chi connectivity index (χ1v) is 9.45. The van der Waals surface area contributed by atoms with Crippen molar-refractivity contribution in [2.45, 2.75) is 25.1 Å². The van der Waals surface area contributed by atoms with Gasteiger partial charge in [-0.1, -0.05) is 6.07 Å². The van der Waals surface area contributed by atoms with Crippen molar-refractivity contribution in [2.75, 3.05) is 46.5 Å². The van der Waals surface area contributed by atoms with Gasteiger partial charge in [-0.3, -0.25) is 19.4 Å². The van der Waals surface area contributed by atoms with E-state index in [1.54, 1.807) is 19.2 Å². The van der Waals surface area contributed by atoms with E-state index in [-0.39, 0.29) is 24.6 Å². The van der Waals surface area contributed by atoms with Gasteiger partial charge in [-0.25, -0.2) is 4.39 Å². The molecule has 0 unspecified atom stereocenters. The van der Waals surface area contributed by atoms with Gasteiger partial charge in [0, 0.05) is 45.9 Å². The molecule has 2 aliphatic rings. The van der Waals surface area contributed by atoms with Crippen LogP contribution in [0.2, 0.25) is 0 Å². The van der Waals surface area contributed by atoms with Crippen LogP contribution in [-0.4, -0.2) is 91.6 Å². The quantitative estimate of drug-likeness (QED) is 0.666. The van der Waals surface area contributed by atoms with Crippen LogP contribution in [0.15, 0.2) is 18.2 Å². The third-order valence-corrected chi connectivity index (χ3v) is 4.92. The molecule has 10 heteroatoms. The molecule has 166 valence electrons. The van der Waals surface area contributed by atoms with Crippen molar-refractivity contribution < 1.29 is 33.7 Å². The molecule has 0 spiro atoms. The molecule has 0 saturated carbocycles. The number of carboxylic acid groups (broad SMARTS) is 2. The normalized spacial score (nSPS) is 21.0. The van der Waals surface area contributed by atoms with Crippen LogP contribution in [0.3, 0.4) is 0 Å². The zero-order valence-electron chi connectivity index (χ0n) is 16.9. The Bertz CT molecular complexity index is 694. The van der Waals surface area contributed by atoms with E-state index in [1.807, 2.05) is 6.07 Å². The van der Waals surface area contributed by atoms with E-state index in [9.17, 15) is 4.39 Å². The third-order valence-electron chi connectivity index (χ3n) is 4.92. The minimum Gasteiger partial charge on any atom is -0.483 e. The van der Waals surface area contributed by atoms with Crippen LogP contribution in [0.1, 0.15) is 17.5 Å². The minimum absolute atomic E-state index is 0.116. The predicted molar refractivity (Wildman–Crippen MR) is 105 cm³/mol. The summed E-state index contributed by atoms with van der Waals surface area (Å²) in [5.41, 5.74) is 1.09. The van der Waals surface area contributed by atoms with Gasteiger partial charge >= 0.3 is 0 Å². The minimum atomic E-state index is -0.452. The predicted octanol–water partition coefficient (Wildman–Crippen LogP) is 1.02. The van der Waals surface area contributed by atoms with Crippen LogP contribution >= 0.6 is 0 Å². The molecule has 0 aromatic heterocycles. The van der Waals surface area contributed by atoms with E-state index in [2.05, 4.69) is 9.80 Å². The number of piperidine rings is 1. The lowest BCUT2D eigenvalue weighted by Crippen LogP contribution is -2.60. The number of hydrogen-bond acceptors (Lipinski definition) is 7. The highest BCUT2D eigenvalue weighted by molar-refractivity contribution is 5.34. The monoisotopic (exact) mass is 425 g/mol. The van der Waals surface area contributed by atoms with Crippen molar-refractivity contribution in [3.63, 3.8) is 0 Å². The molecule has 0 bridgehead atoms. The van der Waals surface area contributed by atoms with Gasteiger partial charge in [0.15, 0.2) is 0 Å². The summed E-state index contributed by atoms with van der Waals surface area (Å²) in [6.45, 7) is 5.49. The number of halogens is 1. The maximum Gasteiger partial charge on any atom is 0.290 e. The highest BCUT2D eigenvalue weighted by Crippen LogP contribution is 2.24. The van der Waals surface area contributed by atoms with Crippen LogP contribution in [0.4, 0.5) is 4.39 Å². The zero-order valence-corrected chi connectivity index (χ0v) is 16.9. The highest BCUT2D eigenvalue weighted by Gasteiger charge is 2.36. The van der Waals surface area contributed by atoms with Gasteiger partial charge in [-0.15, -0.1) is 0 Å². The number of benzene rings is 1. The number of morpholine rings is 1. The fourth-order valence-corrected chi connectivity index (χ4v) is 3.65. The van der Waals surface area contributed by atoms with Crippen molar-refractivity contribution in [3.8, 4) is 6.07 Å². The summed E-state index contributed by atoms with van der Waals surface area (Å²) in [5.74, 6) is -0.452. The van der Waals surface area contributed by atoms with E-state index in [0.29, 0.717) is 6.04 Å². The SMILES string of the molecule is COCCN1CCO[C@H]2CCN(Cc3ccc(F)c(C#N)c3)C[C@@H]21.O=CO.O=CO. The second-order valence-corrected chi connectivity index (χ2v) is 6.67. The number of rotatable bonds is 5. The van der Waals surface area contributed by atoms with Crippen LogP contribution in [0.25, 0.3) is 0 Å². The van der Waals surface area contributed by atoms with Crippen LogP contribution < -0.4 is 0 Å². The number of fused-ring (bicyclic) bond motifs is 1. The van der Waals surface area contributed by atoms with Gasteiger partial charge in [-0.2, -0.15) is 5.26 Å². The van der Waals surface area contributed by atoms with Crippen molar-refractivity contribution >= 4 is 12.9 Å². The summed E-state index contributed by atoms with van der Waals surface area (Å²) < 4.78 is 24.6. The number of likely N-dealkylation sites (tertiary alicyclic amines) is 1. The number of carbonyl (C=O) groups is 2. The van der Waals surface area contributed by atoms with E-state index in [1.165, 1.54) is 6.07 Å². The number of ether oxygens (including phenoxy) is 2. The molecule has 1 aromatic rings. The molecule has 2 N–H and O–H groups in total. The highest BCUT2D eigenvalue weighted by atomic mass is 19.1. The van der Waals surface area contributed by atoms with Crippen molar-refractivity contribution in [1.29, 1.82) is 5.26 Å². The Morgan fingerprint density at radius 2 is 2.03 bits per heavy atom. The summed E-state index contributed by atoms with van der Waals surface area (Å²) in [4.78, 5) is 21.5. The lowest BCUT2D eigenvalue weighted by Gasteiger charge is -2.47. The molecule has 2 heterocycles. The average molecular weight is 425 g/mol. The number of hydrogen-bond donors (Lipinski definition) is 2. The standard InChI is InChI=1S/C18H24FN3O2.2CH2O2/c1-23-8-6-22-7-9-24-18-4-5-21(13-17(18)22)12-14-2-3-16(19)15(10-14)11-20;2*2-1-3/h2-3,10,17-18H,4-9,12-13H2,1H3;2*1H,(H,2,3)/t17-,18-;;/m0../s1. The smallest absolute Gasteiger partial charge is 0.290 e. The van der Waals surface area contributed by atoms with Crippen LogP contribution in [0, 0.1) is 17.1 Å². The Morgan fingerprint density at radius 1 is 1.33 bits per heavy atom. The molecular formula is C20H28FN3O6. The van der Waals surface area contributed by atoms with Crippen LogP contribution in [-0.2, 0) is 25.6 Å². The fourth-order valence-electron chi connectivity index (χ4n) is 3.65. The van der Waals surface area contributed by atoms with Gasteiger partial charge in [0.25, 0.3) is 12.9 Å². The Balaban J connectivity index is 0.000000672. The maximum atomic E-state index is 13.5. The molecule has 2 aliphatic heterocycles. The molecule has 2 atom stereocenters. The summed E-state index contributed by atoms with van der Waals surface area (Å²) in [6.07, 6.45) is 1.29. The first-order chi connectivity index (χ1) is 14.5. The van der Waals surface area contributed by atoms with Crippen LogP contribution in [0.5, 0.6) is 0 Å². The lowest BCUT2D eigenvalue weighted by atomic mass is 9.98. The molecule has 0 amide bonds. The summed E-state index contributed by atoms with van der Waals surface area (Å²) in [7, 11) is 1.73. The van der Waals surface area contributed by atoms with Gasteiger partial charge in [0.2, 0.25) is 0 Å². The summed E-state index contributed by atoms with van der Waals surface area (Å²) >= 11 is 0. The zero-order chi connectivity index (χ0) is 22.4. The van der Waals surface area contributed by atoms with E-state index in [0.717, 1.165) is 57.9 Å². The largest absolute Gasteiger partial charge is 0.483 e. The van der Waals surface area contributed by atoms with E-state index < -0.39 is 5.82 Å². The molecule has 2 saturated heterocycles. The Labute approximate surface area is 175 Å². The molecule has 9 nitrogen and oxygen atoms in total. The molecule has 1 aromatic carbocycles. The van der Waals surface area contributed by atoms with Gasteiger partial charge < -0.3 is 19.7 Å². The van der Waals surface area contributed by atoms with Gasteiger partial charge in [0.05, 0.1) is 24.9 Å². The van der Waals surface area contributed by atoms with E-state index in [4.69, 9.17) is 34.5 Å². The molecule has 2 fully saturated rings. The second-order valence-electron chi connectivity index (χ2n) is 6.67. The first kappa shape index (κ1) is 25.5. The number of nitriles is 1. The average Bonchev–Trinajstić information content (AvgIpc) is 2.74. The third kappa shape index (κ3) is 8.04. The van der Waals surface area contributed by atoms with Crippen molar-refractivity contribution in [3.05, 3.63) is 35.1 Å². The lowest BCUT2D eigenvalue weighted by molar-refractivity contribution is -0.123. The van der Waals surface area contributed by atoms with Crippen molar-refractivity contribution in [2.24, 2.45) is 0 Å². The van der Waals surface area contributed by atoms with Crippen molar-refractivity contribution in [1.82, 2.24) is 9.80 Å². The van der Waals surface area contributed by atoms with Gasteiger partial charge in [-0.05, 0) is 24.1 Å². The topological polar surface area (TPSA) is 123 Å². The molecule has 30 heavy (non-hydrogen) atoms. The Morgan fingerprint density at radius 3 is 2.67 bits per heavy atom. The molecule has 0 aliphatic carbocycles.